The third kappa shape index (κ3) is 4.59. The quantitative estimate of drug-likeness (QED) is 0.319. The lowest BCUT2D eigenvalue weighted by molar-refractivity contribution is 0.203. The van der Waals surface area contributed by atoms with Gasteiger partial charge in [0.1, 0.15) is 0 Å². The molecule has 176 valence electrons. The molecule has 5 rings (SSSR count). The van der Waals surface area contributed by atoms with Gasteiger partial charge >= 0.3 is 6.03 Å². The SMILES string of the molecule is CSc1ccc(-c2noc(C3=C(C)N(Cc4ccccc4C)C(=O)NC3c3ccccc3)n2)cc1. The minimum absolute atomic E-state index is 0.157. The highest BCUT2D eigenvalue weighted by Crippen LogP contribution is 2.38. The highest BCUT2D eigenvalue weighted by molar-refractivity contribution is 7.98. The van der Waals surface area contributed by atoms with Gasteiger partial charge in [0.2, 0.25) is 5.82 Å². The number of hydrogen-bond donors (Lipinski definition) is 1. The van der Waals surface area contributed by atoms with Crippen molar-refractivity contribution in [2.24, 2.45) is 0 Å². The number of thioether (sulfide) groups is 1. The summed E-state index contributed by atoms with van der Waals surface area (Å²) in [6, 6.07) is 25.5. The van der Waals surface area contributed by atoms with Gasteiger partial charge in [-0.1, -0.05) is 59.8 Å². The molecule has 3 aromatic carbocycles. The zero-order chi connectivity index (χ0) is 24.4. The van der Waals surface area contributed by atoms with Crippen LogP contribution in [0.5, 0.6) is 0 Å². The van der Waals surface area contributed by atoms with Crippen LogP contribution in [-0.4, -0.2) is 27.3 Å². The molecular weight excluding hydrogens is 456 g/mol. The third-order valence-corrected chi connectivity index (χ3v) is 7.07. The van der Waals surface area contributed by atoms with E-state index in [-0.39, 0.29) is 6.03 Å². The maximum atomic E-state index is 13.3. The lowest BCUT2D eigenvalue weighted by Gasteiger charge is -2.35. The van der Waals surface area contributed by atoms with E-state index < -0.39 is 6.04 Å². The van der Waals surface area contributed by atoms with Crippen LogP contribution >= 0.6 is 11.8 Å². The number of nitrogens with zero attached hydrogens (tertiary/aromatic N) is 3. The molecule has 4 aromatic rings. The molecule has 2 heterocycles. The molecule has 7 heteroatoms. The monoisotopic (exact) mass is 482 g/mol. The predicted octanol–water partition coefficient (Wildman–Crippen LogP) is 6.46. The second kappa shape index (κ2) is 9.80. The van der Waals surface area contributed by atoms with E-state index in [0.29, 0.717) is 18.3 Å². The smallest absolute Gasteiger partial charge is 0.322 e. The maximum absolute atomic E-state index is 13.3. The van der Waals surface area contributed by atoms with E-state index in [4.69, 9.17) is 9.51 Å². The van der Waals surface area contributed by atoms with Gasteiger partial charge in [0.25, 0.3) is 5.89 Å². The molecule has 1 unspecified atom stereocenters. The van der Waals surface area contributed by atoms with E-state index >= 15 is 0 Å². The third-order valence-electron chi connectivity index (χ3n) is 6.32. The molecule has 0 saturated carbocycles. The van der Waals surface area contributed by atoms with Crippen molar-refractivity contribution in [2.45, 2.75) is 31.3 Å². The normalized spacial score (nSPS) is 15.9. The van der Waals surface area contributed by atoms with Gasteiger partial charge in [0.15, 0.2) is 0 Å². The number of amides is 2. The number of hydrogen-bond acceptors (Lipinski definition) is 5. The number of carbonyl (C=O) groups is 1. The van der Waals surface area contributed by atoms with Crippen molar-refractivity contribution >= 4 is 23.4 Å². The fourth-order valence-electron chi connectivity index (χ4n) is 4.29. The second-order valence-electron chi connectivity index (χ2n) is 8.46. The van der Waals surface area contributed by atoms with Gasteiger partial charge in [0, 0.05) is 16.2 Å². The molecule has 35 heavy (non-hydrogen) atoms. The van der Waals surface area contributed by atoms with E-state index in [9.17, 15) is 4.79 Å². The zero-order valence-corrected chi connectivity index (χ0v) is 20.7. The van der Waals surface area contributed by atoms with E-state index in [1.807, 2.05) is 86.0 Å². The molecule has 1 aliphatic rings. The molecule has 1 aromatic heterocycles. The summed E-state index contributed by atoms with van der Waals surface area (Å²) in [4.78, 5) is 20.9. The Morgan fingerprint density at radius 1 is 0.971 bits per heavy atom. The minimum Gasteiger partial charge on any atom is -0.334 e. The van der Waals surface area contributed by atoms with Crippen LogP contribution in [0.1, 0.15) is 35.5 Å². The minimum atomic E-state index is -0.399. The molecule has 0 aliphatic carbocycles. The van der Waals surface area contributed by atoms with Gasteiger partial charge in [-0.2, -0.15) is 4.98 Å². The standard InChI is InChI=1S/C28H26N4O2S/c1-18-9-7-8-12-22(18)17-32-19(2)24(25(29-28(32)33)20-10-5-4-6-11-20)27-30-26(31-34-27)21-13-15-23(35-3)16-14-21/h4-16,25H,17H2,1-3H3,(H,29,33). The first-order chi connectivity index (χ1) is 17.0. The fraction of sp³-hybridized carbons (Fsp3) is 0.179. The highest BCUT2D eigenvalue weighted by atomic mass is 32.2. The van der Waals surface area contributed by atoms with Crippen LogP contribution in [0.25, 0.3) is 17.0 Å². The van der Waals surface area contributed by atoms with Crippen LogP contribution in [0.4, 0.5) is 4.79 Å². The molecule has 1 atom stereocenters. The first kappa shape index (κ1) is 22.9. The summed E-state index contributed by atoms with van der Waals surface area (Å²) in [5, 5.41) is 7.43. The Hall–Kier alpha value is -3.84. The van der Waals surface area contributed by atoms with Gasteiger partial charge in [-0.05, 0) is 61.1 Å². The summed E-state index contributed by atoms with van der Waals surface area (Å²) >= 11 is 1.68. The van der Waals surface area contributed by atoms with Gasteiger partial charge in [-0.25, -0.2) is 4.79 Å². The number of nitrogens with one attached hydrogen (secondary N) is 1. The topological polar surface area (TPSA) is 71.3 Å². The molecule has 1 N–H and O–H groups in total. The van der Waals surface area contributed by atoms with Crippen LogP contribution in [-0.2, 0) is 6.54 Å². The number of benzene rings is 3. The summed E-state index contributed by atoms with van der Waals surface area (Å²) in [7, 11) is 0. The van der Waals surface area contributed by atoms with E-state index in [1.54, 1.807) is 16.7 Å². The number of aryl methyl sites for hydroxylation is 1. The van der Waals surface area contributed by atoms with Crippen LogP contribution in [0.2, 0.25) is 0 Å². The predicted molar refractivity (Wildman–Crippen MR) is 139 cm³/mol. The van der Waals surface area contributed by atoms with Crippen molar-refractivity contribution < 1.29 is 9.32 Å². The van der Waals surface area contributed by atoms with Crippen LogP contribution in [0, 0.1) is 6.92 Å². The van der Waals surface area contributed by atoms with Crippen molar-refractivity contribution in [1.29, 1.82) is 0 Å². The van der Waals surface area contributed by atoms with Crippen molar-refractivity contribution in [3.05, 3.63) is 107 Å². The number of allylic oxidation sites excluding steroid dienone is 1. The van der Waals surface area contributed by atoms with Crippen molar-refractivity contribution in [1.82, 2.24) is 20.4 Å². The summed E-state index contributed by atoms with van der Waals surface area (Å²) < 4.78 is 5.79. The average molecular weight is 483 g/mol. The Bertz CT molecular complexity index is 1380. The largest absolute Gasteiger partial charge is 0.334 e. The Morgan fingerprint density at radius 2 is 1.69 bits per heavy atom. The summed E-state index contributed by atoms with van der Waals surface area (Å²) in [5.41, 5.74) is 5.63. The summed E-state index contributed by atoms with van der Waals surface area (Å²) in [6.07, 6.45) is 2.04. The Labute approximate surface area is 209 Å². The first-order valence-electron chi connectivity index (χ1n) is 11.4. The number of urea groups is 1. The lowest BCUT2D eigenvalue weighted by Crippen LogP contribution is -2.45. The van der Waals surface area contributed by atoms with Crippen molar-refractivity contribution in [3.63, 3.8) is 0 Å². The highest BCUT2D eigenvalue weighted by Gasteiger charge is 2.35. The van der Waals surface area contributed by atoms with Crippen molar-refractivity contribution in [3.8, 4) is 11.4 Å². The number of aromatic nitrogens is 2. The van der Waals surface area contributed by atoms with E-state index in [2.05, 4.69) is 23.5 Å². The average Bonchev–Trinajstić information content (AvgIpc) is 3.37. The lowest BCUT2D eigenvalue weighted by atomic mass is 9.94. The molecular formula is C28H26N4O2S. The molecule has 0 spiro atoms. The molecule has 2 amide bonds. The molecule has 0 fully saturated rings. The molecule has 1 aliphatic heterocycles. The molecule has 0 saturated heterocycles. The van der Waals surface area contributed by atoms with Crippen LogP contribution in [0.3, 0.4) is 0 Å². The van der Waals surface area contributed by atoms with Gasteiger partial charge < -0.3 is 9.84 Å². The van der Waals surface area contributed by atoms with Crippen LogP contribution in [0.15, 0.2) is 94.0 Å². The zero-order valence-electron chi connectivity index (χ0n) is 19.9. The van der Waals surface area contributed by atoms with Crippen LogP contribution < -0.4 is 5.32 Å². The number of rotatable bonds is 6. The van der Waals surface area contributed by atoms with Gasteiger partial charge in [-0.3, -0.25) is 4.90 Å². The summed E-state index contributed by atoms with van der Waals surface area (Å²) in [6.45, 7) is 4.45. The molecule has 0 bridgehead atoms. The molecule has 6 nitrogen and oxygen atoms in total. The van der Waals surface area contributed by atoms with Crippen molar-refractivity contribution in [2.75, 3.05) is 6.26 Å². The van der Waals surface area contributed by atoms with E-state index in [0.717, 1.165) is 33.5 Å². The second-order valence-corrected chi connectivity index (χ2v) is 9.34. The Morgan fingerprint density at radius 3 is 2.40 bits per heavy atom. The molecule has 0 radical (unpaired) electrons. The van der Waals surface area contributed by atoms with Gasteiger partial charge in [-0.15, -0.1) is 11.8 Å². The van der Waals surface area contributed by atoms with E-state index in [1.165, 1.54) is 4.90 Å². The first-order valence-corrected chi connectivity index (χ1v) is 12.6. The van der Waals surface area contributed by atoms with Gasteiger partial charge in [0.05, 0.1) is 18.2 Å². The summed E-state index contributed by atoms with van der Waals surface area (Å²) in [5.74, 6) is 0.914. The Balaban J connectivity index is 1.58. The fourth-order valence-corrected chi connectivity index (χ4v) is 4.70. The maximum Gasteiger partial charge on any atom is 0.322 e. The Kier molecular flexibility index (Phi) is 6.42. The number of carbonyl (C=O) groups excluding carboxylic acids is 1.